The van der Waals surface area contributed by atoms with Crippen molar-refractivity contribution in [1.29, 1.82) is 0 Å². The molecule has 0 spiro atoms. The van der Waals surface area contributed by atoms with E-state index in [1.165, 1.54) is 12.1 Å². The summed E-state index contributed by atoms with van der Waals surface area (Å²) in [6.45, 7) is 7.49. The Balaban J connectivity index is 2.18. The van der Waals surface area contributed by atoms with Crippen molar-refractivity contribution in [3.63, 3.8) is 0 Å². The van der Waals surface area contributed by atoms with Crippen LogP contribution in [0.5, 0.6) is 0 Å². The molecule has 0 amide bonds. The molecule has 8 heteroatoms. The predicted octanol–water partition coefficient (Wildman–Crippen LogP) is 3.40. The summed E-state index contributed by atoms with van der Waals surface area (Å²) < 4.78 is 22.2. The summed E-state index contributed by atoms with van der Waals surface area (Å²) >= 11 is 0. The van der Waals surface area contributed by atoms with Gasteiger partial charge in [0.2, 0.25) is 5.95 Å². The number of methoxy groups -OCH3 is 1. The van der Waals surface area contributed by atoms with Crippen LogP contribution in [0.15, 0.2) is 41.3 Å². The van der Waals surface area contributed by atoms with Crippen molar-refractivity contribution in [3.05, 3.63) is 52.7 Å². The lowest BCUT2D eigenvalue weighted by Crippen LogP contribution is -2.22. The molecule has 3 rings (SSSR count). The Labute approximate surface area is 169 Å². The van der Waals surface area contributed by atoms with Gasteiger partial charge < -0.3 is 10.1 Å². The normalized spacial score (nSPS) is 12.2. The van der Waals surface area contributed by atoms with Crippen LogP contribution >= 0.6 is 0 Å². The number of rotatable bonds is 8. The number of hydrogen-bond acceptors (Lipinski definition) is 5. The van der Waals surface area contributed by atoms with E-state index in [0.29, 0.717) is 48.2 Å². The maximum Gasteiger partial charge on any atom is 0.275 e. The summed E-state index contributed by atoms with van der Waals surface area (Å²) in [6.07, 6.45) is 1.66. The minimum Gasteiger partial charge on any atom is -0.383 e. The smallest absolute Gasteiger partial charge is 0.275 e. The Hall–Kier alpha value is -3.00. The average Bonchev–Trinajstić information content (AvgIpc) is 3.00. The van der Waals surface area contributed by atoms with Gasteiger partial charge in [0.1, 0.15) is 5.82 Å². The molecule has 1 atom stereocenters. The fraction of sp³-hybridized carbons (Fsp3) is 0.381. The van der Waals surface area contributed by atoms with Gasteiger partial charge in [0.25, 0.3) is 5.56 Å². The molecular formula is C21H26FN5O2. The van der Waals surface area contributed by atoms with Crippen LogP contribution in [0.4, 0.5) is 10.3 Å². The third kappa shape index (κ3) is 4.22. The quantitative estimate of drug-likeness (QED) is 0.628. The van der Waals surface area contributed by atoms with Crippen molar-refractivity contribution >= 4 is 5.95 Å². The number of hydrogen-bond donors (Lipinski definition) is 1. The van der Waals surface area contributed by atoms with Crippen LogP contribution in [0.2, 0.25) is 0 Å². The van der Waals surface area contributed by atoms with Gasteiger partial charge >= 0.3 is 0 Å². The van der Waals surface area contributed by atoms with Crippen molar-refractivity contribution in [2.24, 2.45) is 0 Å². The minimum atomic E-state index is -0.346. The van der Waals surface area contributed by atoms with Gasteiger partial charge in [-0.25, -0.2) is 19.0 Å². The number of aromatic nitrogens is 4. The lowest BCUT2D eigenvalue weighted by Gasteiger charge is -2.15. The Morgan fingerprint density at radius 2 is 1.83 bits per heavy atom. The first-order valence-corrected chi connectivity index (χ1v) is 9.68. The van der Waals surface area contributed by atoms with Gasteiger partial charge in [-0.3, -0.25) is 9.48 Å². The molecule has 0 aliphatic carbocycles. The van der Waals surface area contributed by atoms with E-state index < -0.39 is 0 Å². The molecule has 7 nitrogen and oxygen atoms in total. The molecule has 0 saturated carbocycles. The fourth-order valence-corrected chi connectivity index (χ4v) is 3.44. The fourth-order valence-electron chi connectivity index (χ4n) is 3.44. The van der Waals surface area contributed by atoms with E-state index in [9.17, 15) is 9.18 Å². The van der Waals surface area contributed by atoms with E-state index in [4.69, 9.17) is 4.74 Å². The Morgan fingerprint density at radius 1 is 1.14 bits per heavy atom. The van der Waals surface area contributed by atoms with Crippen molar-refractivity contribution in [3.8, 4) is 22.5 Å². The van der Waals surface area contributed by atoms with Gasteiger partial charge in [-0.1, -0.05) is 12.1 Å². The van der Waals surface area contributed by atoms with Crippen LogP contribution < -0.4 is 10.9 Å². The maximum absolute atomic E-state index is 13.5. The number of anilines is 1. The molecule has 154 valence electrons. The maximum atomic E-state index is 13.5. The molecule has 0 unspecified atom stereocenters. The molecule has 2 aromatic heterocycles. The second kappa shape index (κ2) is 9.00. The monoisotopic (exact) mass is 399 g/mol. The summed E-state index contributed by atoms with van der Waals surface area (Å²) in [7, 11) is 1.64. The van der Waals surface area contributed by atoms with Gasteiger partial charge in [-0.05, 0) is 44.5 Å². The first kappa shape index (κ1) is 20.7. The lowest BCUT2D eigenvalue weighted by atomic mass is 10.0. The van der Waals surface area contributed by atoms with Crippen molar-refractivity contribution in [2.75, 3.05) is 19.0 Å². The number of ether oxygens (including phenoxy) is 1. The highest BCUT2D eigenvalue weighted by Crippen LogP contribution is 2.30. The number of nitrogens with one attached hydrogen (secondary N) is 1. The van der Waals surface area contributed by atoms with Crippen molar-refractivity contribution < 1.29 is 9.13 Å². The average molecular weight is 399 g/mol. The van der Waals surface area contributed by atoms with E-state index in [1.807, 2.05) is 25.5 Å². The summed E-state index contributed by atoms with van der Waals surface area (Å²) in [6, 6.07) is 7.77. The van der Waals surface area contributed by atoms with Crippen LogP contribution in [-0.4, -0.2) is 39.1 Å². The molecule has 2 heterocycles. The molecular weight excluding hydrogens is 373 g/mol. The van der Waals surface area contributed by atoms with Gasteiger partial charge in [0.15, 0.2) is 0 Å². The first-order valence-electron chi connectivity index (χ1n) is 9.68. The molecule has 0 saturated heterocycles. The number of nitrogens with zero attached hydrogens (tertiary/aromatic N) is 4. The third-order valence-corrected chi connectivity index (χ3v) is 4.66. The number of halogens is 1. The Bertz CT molecular complexity index is 1030. The van der Waals surface area contributed by atoms with E-state index in [0.717, 1.165) is 0 Å². The highest BCUT2D eigenvalue weighted by atomic mass is 19.1. The zero-order chi connectivity index (χ0) is 21.0. The largest absolute Gasteiger partial charge is 0.383 e. The standard InChI is InChI=1S/C21H26FN5O2/c1-5-26-19(17-11-12-23-21(25-17)24-14(3)13-29-4)18(20(28)27(26)6-2)15-7-9-16(22)10-8-15/h7-12,14H,5-6,13H2,1-4H3,(H,23,24,25)/t14-/m0/s1. The Morgan fingerprint density at radius 3 is 2.45 bits per heavy atom. The molecule has 0 aliphatic heterocycles. The van der Waals surface area contributed by atoms with Crippen LogP contribution in [0.1, 0.15) is 20.8 Å². The molecule has 0 aliphatic rings. The lowest BCUT2D eigenvalue weighted by molar-refractivity contribution is 0.190. The minimum absolute atomic E-state index is 0.0282. The first-order chi connectivity index (χ1) is 14.0. The molecule has 3 aromatic rings. The summed E-state index contributed by atoms with van der Waals surface area (Å²) in [5.41, 5.74) is 2.34. The van der Waals surface area contributed by atoms with Crippen LogP contribution in [-0.2, 0) is 17.8 Å². The van der Waals surface area contributed by atoms with Crippen molar-refractivity contribution in [1.82, 2.24) is 19.3 Å². The third-order valence-electron chi connectivity index (χ3n) is 4.66. The summed E-state index contributed by atoms with van der Waals surface area (Å²) in [4.78, 5) is 22.1. The van der Waals surface area contributed by atoms with Crippen LogP contribution in [0.25, 0.3) is 22.5 Å². The zero-order valence-corrected chi connectivity index (χ0v) is 17.1. The summed E-state index contributed by atoms with van der Waals surface area (Å²) in [5.74, 6) is 0.109. The van der Waals surface area contributed by atoms with Crippen molar-refractivity contribution in [2.45, 2.75) is 39.9 Å². The highest BCUT2D eigenvalue weighted by molar-refractivity contribution is 5.79. The summed E-state index contributed by atoms with van der Waals surface area (Å²) in [5, 5.41) is 3.20. The molecule has 0 radical (unpaired) electrons. The molecule has 0 bridgehead atoms. The van der Waals surface area contributed by atoms with Crippen LogP contribution in [0, 0.1) is 5.82 Å². The van der Waals surface area contributed by atoms with Gasteiger partial charge in [0.05, 0.1) is 23.6 Å². The highest BCUT2D eigenvalue weighted by Gasteiger charge is 2.23. The Kier molecular flexibility index (Phi) is 6.43. The molecule has 0 fully saturated rings. The van der Waals surface area contributed by atoms with Gasteiger partial charge in [-0.2, -0.15) is 0 Å². The van der Waals surface area contributed by atoms with E-state index in [2.05, 4.69) is 15.3 Å². The SMILES string of the molecule is CCn1c(-c2ccnc(N[C@@H](C)COC)n2)c(-c2ccc(F)cc2)c(=O)n1CC. The second-order valence-electron chi connectivity index (χ2n) is 6.73. The van der Waals surface area contributed by atoms with E-state index in [-0.39, 0.29) is 17.4 Å². The topological polar surface area (TPSA) is 74.0 Å². The molecule has 1 aromatic carbocycles. The second-order valence-corrected chi connectivity index (χ2v) is 6.73. The van der Waals surface area contributed by atoms with Crippen LogP contribution in [0.3, 0.4) is 0 Å². The number of benzene rings is 1. The van der Waals surface area contributed by atoms with Gasteiger partial charge in [-0.15, -0.1) is 0 Å². The van der Waals surface area contributed by atoms with Gasteiger partial charge in [0, 0.05) is 32.4 Å². The molecule has 1 N–H and O–H groups in total. The zero-order valence-electron chi connectivity index (χ0n) is 17.1. The predicted molar refractivity (Wildman–Crippen MR) is 111 cm³/mol. The van der Waals surface area contributed by atoms with E-state index >= 15 is 0 Å². The molecule has 29 heavy (non-hydrogen) atoms. The van der Waals surface area contributed by atoms with E-state index in [1.54, 1.807) is 36.2 Å².